The van der Waals surface area contributed by atoms with Gasteiger partial charge < -0.3 is 9.15 Å². The van der Waals surface area contributed by atoms with Gasteiger partial charge in [0, 0.05) is 0 Å². The number of hydrogen-bond acceptors (Lipinski definition) is 4. The lowest BCUT2D eigenvalue weighted by atomic mass is 10.1. The van der Waals surface area contributed by atoms with Gasteiger partial charge in [0.1, 0.15) is 0 Å². The summed E-state index contributed by atoms with van der Waals surface area (Å²) in [6.45, 7) is 4.67. The van der Waals surface area contributed by atoms with Crippen molar-refractivity contribution in [2.75, 3.05) is 6.61 Å². The van der Waals surface area contributed by atoms with Crippen molar-refractivity contribution in [2.24, 2.45) is 0 Å². The Hall–Kier alpha value is -1.84. The van der Waals surface area contributed by atoms with Crippen LogP contribution >= 0.6 is 0 Å². The highest BCUT2D eigenvalue weighted by Gasteiger charge is 2.10. The topological polar surface area (TPSA) is 52.3 Å². The molecule has 2 aromatic rings. The average Bonchev–Trinajstić information content (AvgIpc) is 2.39. The van der Waals surface area contributed by atoms with E-state index in [1.807, 2.05) is 18.2 Å². The Bertz CT molecular complexity index is 604. The summed E-state index contributed by atoms with van der Waals surface area (Å²) in [5.41, 5.74) is 1.27. The molecule has 0 bridgehead atoms. The Balaban J connectivity index is 2.38. The molecule has 1 aromatic heterocycles. The number of benzene rings is 1. The molecular weight excluding hydrogens is 242 g/mol. The third-order valence-electron chi connectivity index (χ3n) is 2.97. The highest BCUT2D eigenvalue weighted by molar-refractivity contribution is 5.80. The number of fused-ring (bicyclic) bond motifs is 1. The van der Waals surface area contributed by atoms with Crippen LogP contribution in [0.1, 0.15) is 38.7 Å². The zero-order valence-corrected chi connectivity index (χ0v) is 11.4. The first-order chi connectivity index (χ1) is 9.26. The lowest BCUT2D eigenvalue weighted by molar-refractivity contribution is 0.213. The van der Waals surface area contributed by atoms with Gasteiger partial charge in [-0.2, -0.15) is 4.98 Å². The van der Waals surface area contributed by atoms with E-state index in [1.54, 1.807) is 0 Å². The minimum absolute atomic E-state index is 0.0691. The molecule has 19 heavy (non-hydrogen) atoms. The van der Waals surface area contributed by atoms with E-state index in [4.69, 9.17) is 9.15 Å². The minimum Gasteiger partial charge on any atom is -0.450 e. The van der Waals surface area contributed by atoms with Gasteiger partial charge in [-0.1, -0.05) is 38.8 Å². The number of aromatic nitrogens is 1. The Labute approximate surface area is 112 Å². The maximum atomic E-state index is 12.0. The molecule has 2 rings (SSSR count). The fourth-order valence-electron chi connectivity index (χ4n) is 2.01. The van der Waals surface area contributed by atoms with Crippen molar-refractivity contribution in [3.8, 4) is 6.08 Å². The zero-order valence-electron chi connectivity index (χ0n) is 11.4. The molecule has 0 unspecified atom stereocenters. The van der Waals surface area contributed by atoms with Crippen molar-refractivity contribution in [3.63, 3.8) is 0 Å². The number of rotatable bonds is 6. The van der Waals surface area contributed by atoms with Gasteiger partial charge >= 0.3 is 11.7 Å². The van der Waals surface area contributed by atoms with E-state index in [0.717, 1.165) is 31.2 Å². The predicted molar refractivity (Wildman–Crippen MR) is 74.7 cm³/mol. The molecule has 4 nitrogen and oxygen atoms in total. The van der Waals surface area contributed by atoms with Crippen LogP contribution in [0, 0.1) is 0 Å². The van der Waals surface area contributed by atoms with Crippen LogP contribution in [-0.2, 0) is 6.42 Å². The second-order valence-corrected chi connectivity index (χ2v) is 4.53. The lowest BCUT2D eigenvalue weighted by Crippen LogP contribution is -2.08. The molecule has 0 aliphatic rings. The fourth-order valence-corrected chi connectivity index (χ4v) is 2.01. The third kappa shape index (κ3) is 3.13. The number of nitrogens with zero attached hydrogens (tertiary/aromatic N) is 1. The molecule has 0 amide bonds. The van der Waals surface area contributed by atoms with E-state index < -0.39 is 0 Å². The van der Waals surface area contributed by atoms with Crippen LogP contribution in [-0.4, -0.2) is 11.6 Å². The van der Waals surface area contributed by atoms with Gasteiger partial charge in [0.2, 0.25) is 0 Å². The highest BCUT2D eigenvalue weighted by Crippen LogP contribution is 2.18. The summed E-state index contributed by atoms with van der Waals surface area (Å²) in [6.07, 6.45) is 3.84. The molecule has 102 valence electrons. The molecule has 1 heterocycles. The number of aryl methyl sites for hydroxylation is 1. The van der Waals surface area contributed by atoms with E-state index in [9.17, 15) is 4.79 Å². The molecule has 0 aliphatic carbocycles. The molecule has 4 heteroatoms. The first-order valence-corrected chi connectivity index (χ1v) is 6.81. The molecule has 0 atom stereocenters. The van der Waals surface area contributed by atoms with Crippen molar-refractivity contribution < 1.29 is 9.15 Å². The fraction of sp³-hybridized carbons (Fsp3) is 0.467. The van der Waals surface area contributed by atoms with Gasteiger partial charge in [0.15, 0.2) is 0 Å². The summed E-state index contributed by atoms with van der Waals surface area (Å²) in [5, 5.41) is 0.576. The average molecular weight is 261 g/mol. The molecule has 0 fully saturated rings. The summed E-state index contributed by atoms with van der Waals surface area (Å²) in [4.78, 5) is 16.3. The Morgan fingerprint density at radius 3 is 2.84 bits per heavy atom. The standard InChI is InChI=1S/C15H19NO3/c1-3-5-10-18-15-16-12-9-6-8-11(7-4-2)13(12)14(17)19-15/h6,8-9H,3-5,7,10H2,1-2H3. The van der Waals surface area contributed by atoms with E-state index in [2.05, 4.69) is 18.8 Å². The monoisotopic (exact) mass is 261 g/mol. The van der Waals surface area contributed by atoms with Gasteiger partial charge in [0.05, 0.1) is 17.5 Å². The van der Waals surface area contributed by atoms with Crippen LogP contribution in [0.2, 0.25) is 0 Å². The normalized spacial score (nSPS) is 10.8. The van der Waals surface area contributed by atoms with Crippen LogP contribution in [0.4, 0.5) is 0 Å². The smallest absolute Gasteiger partial charge is 0.397 e. The summed E-state index contributed by atoms with van der Waals surface area (Å²) in [5.74, 6) is 0. The van der Waals surface area contributed by atoms with Crippen LogP contribution < -0.4 is 10.4 Å². The second kappa shape index (κ2) is 6.36. The molecule has 1 aromatic carbocycles. The SMILES string of the molecule is CCCCOc1nc2cccc(CCC)c2c(=O)o1. The predicted octanol–water partition coefficient (Wildman–Crippen LogP) is 3.32. The summed E-state index contributed by atoms with van der Waals surface area (Å²) >= 11 is 0. The van der Waals surface area contributed by atoms with E-state index in [0.29, 0.717) is 17.5 Å². The molecular formula is C15H19NO3. The largest absolute Gasteiger partial charge is 0.450 e. The van der Waals surface area contributed by atoms with Crippen LogP contribution in [0.5, 0.6) is 6.08 Å². The van der Waals surface area contributed by atoms with Gasteiger partial charge in [-0.3, -0.25) is 0 Å². The summed E-state index contributed by atoms with van der Waals surface area (Å²) in [7, 11) is 0. The number of unbranched alkanes of at least 4 members (excludes halogenated alkanes) is 1. The van der Waals surface area contributed by atoms with E-state index in [1.165, 1.54) is 0 Å². The van der Waals surface area contributed by atoms with Gasteiger partial charge in [-0.05, 0) is 24.5 Å². The Morgan fingerprint density at radius 1 is 1.26 bits per heavy atom. The quantitative estimate of drug-likeness (QED) is 0.748. The van der Waals surface area contributed by atoms with Crippen molar-refractivity contribution in [3.05, 3.63) is 34.2 Å². The van der Waals surface area contributed by atoms with E-state index >= 15 is 0 Å². The van der Waals surface area contributed by atoms with Crippen LogP contribution in [0.15, 0.2) is 27.4 Å². The summed E-state index contributed by atoms with van der Waals surface area (Å²) < 4.78 is 10.5. The van der Waals surface area contributed by atoms with Crippen LogP contribution in [0.3, 0.4) is 0 Å². The van der Waals surface area contributed by atoms with E-state index in [-0.39, 0.29) is 11.7 Å². The Kier molecular flexibility index (Phi) is 4.55. The minimum atomic E-state index is -0.361. The highest BCUT2D eigenvalue weighted by atomic mass is 16.6. The van der Waals surface area contributed by atoms with Crippen molar-refractivity contribution >= 4 is 10.9 Å². The molecule has 0 saturated heterocycles. The van der Waals surface area contributed by atoms with Crippen LogP contribution in [0.25, 0.3) is 10.9 Å². The number of ether oxygens (including phenoxy) is 1. The molecule has 0 spiro atoms. The first-order valence-electron chi connectivity index (χ1n) is 6.81. The molecule has 0 saturated carbocycles. The maximum Gasteiger partial charge on any atom is 0.397 e. The maximum absolute atomic E-state index is 12.0. The second-order valence-electron chi connectivity index (χ2n) is 4.53. The molecule has 0 N–H and O–H groups in total. The third-order valence-corrected chi connectivity index (χ3v) is 2.97. The Morgan fingerprint density at radius 2 is 2.11 bits per heavy atom. The molecule has 0 aliphatic heterocycles. The zero-order chi connectivity index (χ0) is 13.7. The van der Waals surface area contributed by atoms with Crippen molar-refractivity contribution in [2.45, 2.75) is 39.5 Å². The lowest BCUT2D eigenvalue weighted by Gasteiger charge is -2.06. The number of hydrogen-bond donors (Lipinski definition) is 0. The van der Waals surface area contributed by atoms with Crippen molar-refractivity contribution in [1.82, 2.24) is 4.98 Å². The van der Waals surface area contributed by atoms with Crippen molar-refractivity contribution in [1.29, 1.82) is 0 Å². The van der Waals surface area contributed by atoms with Gasteiger partial charge in [-0.25, -0.2) is 4.79 Å². The molecule has 0 radical (unpaired) electrons. The van der Waals surface area contributed by atoms with Gasteiger partial charge in [-0.15, -0.1) is 0 Å². The van der Waals surface area contributed by atoms with Gasteiger partial charge in [0.25, 0.3) is 0 Å². The first kappa shape index (κ1) is 13.6. The summed E-state index contributed by atoms with van der Waals surface area (Å²) in [6, 6.07) is 5.68.